The smallest absolute Gasteiger partial charge is 0.337 e. The Bertz CT molecular complexity index is 449. The molecular formula is C15H23BrN2O2. The average molecular weight is 343 g/mol. The van der Waals surface area contributed by atoms with E-state index in [1.54, 1.807) is 12.1 Å². The highest BCUT2D eigenvalue weighted by Crippen LogP contribution is 2.19. The van der Waals surface area contributed by atoms with Gasteiger partial charge in [-0.2, -0.15) is 0 Å². The topological polar surface area (TPSA) is 41.6 Å². The van der Waals surface area contributed by atoms with Gasteiger partial charge in [0.25, 0.3) is 0 Å². The lowest BCUT2D eigenvalue weighted by Crippen LogP contribution is -2.29. The average Bonchev–Trinajstić information content (AvgIpc) is 2.42. The summed E-state index contributed by atoms with van der Waals surface area (Å²) in [5.74, 6) is -0.315. The molecule has 5 heteroatoms. The van der Waals surface area contributed by atoms with E-state index in [0.29, 0.717) is 11.6 Å². The number of esters is 1. The molecule has 1 aromatic rings. The molecule has 0 spiro atoms. The molecule has 1 rings (SSSR count). The number of rotatable bonds is 7. The summed E-state index contributed by atoms with van der Waals surface area (Å²) in [4.78, 5) is 13.6. The summed E-state index contributed by atoms with van der Waals surface area (Å²) < 4.78 is 5.63. The molecular weight excluding hydrogens is 320 g/mol. The third-order valence-electron chi connectivity index (χ3n) is 3.12. The van der Waals surface area contributed by atoms with Crippen molar-refractivity contribution in [3.8, 4) is 0 Å². The normalized spacial score (nSPS) is 12.5. The number of nitrogens with one attached hydrogen (secondary N) is 1. The zero-order chi connectivity index (χ0) is 15.1. The molecule has 0 saturated heterocycles. The summed E-state index contributed by atoms with van der Waals surface area (Å²) >= 11 is 3.50. The summed E-state index contributed by atoms with van der Waals surface area (Å²) in [5.41, 5.74) is 1.69. The maximum atomic E-state index is 11.4. The van der Waals surface area contributed by atoms with Gasteiger partial charge in [0.05, 0.1) is 12.7 Å². The highest BCUT2D eigenvalue weighted by Gasteiger charge is 2.09. The van der Waals surface area contributed by atoms with Crippen LogP contribution in [0.25, 0.3) is 0 Å². The van der Waals surface area contributed by atoms with E-state index in [-0.39, 0.29) is 5.97 Å². The fraction of sp³-hybridized carbons (Fsp3) is 0.533. The second-order valence-corrected chi connectivity index (χ2v) is 6.03. The molecule has 0 aliphatic rings. The van der Waals surface area contributed by atoms with Gasteiger partial charge in [0, 0.05) is 17.1 Å². The van der Waals surface area contributed by atoms with Crippen LogP contribution in [-0.2, 0) is 11.3 Å². The lowest BCUT2D eigenvalue weighted by molar-refractivity contribution is 0.0600. The van der Waals surface area contributed by atoms with Crippen LogP contribution < -0.4 is 5.32 Å². The first kappa shape index (κ1) is 17.1. The predicted molar refractivity (Wildman–Crippen MR) is 85.0 cm³/mol. The second kappa shape index (κ2) is 8.39. The van der Waals surface area contributed by atoms with Gasteiger partial charge in [0.2, 0.25) is 0 Å². The van der Waals surface area contributed by atoms with Gasteiger partial charge in [0.15, 0.2) is 0 Å². The van der Waals surface area contributed by atoms with Crippen LogP contribution in [0.3, 0.4) is 0 Å². The number of methoxy groups -OCH3 is 1. The van der Waals surface area contributed by atoms with Gasteiger partial charge in [-0.25, -0.2) is 4.79 Å². The van der Waals surface area contributed by atoms with Crippen molar-refractivity contribution in [2.75, 3.05) is 27.7 Å². The number of nitrogens with zero attached hydrogens (tertiary/aromatic N) is 1. The Morgan fingerprint density at radius 1 is 1.45 bits per heavy atom. The Morgan fingerprint density at radius 2 is 2.15 bits per heavy atom. The predicted octanol–water partition coefficient (Wildman–Crippen LogP) is 2.67. The quantitative estimate of drug-likeness (QED) is 0.773. The number of carbonyl (C=O) groups is 1. The minimum absolute atomic E-state index is 0.315. The van der Waals surface area contributed by atoms with Crippen molar-refractivity contribution in [3.63, 3.8) is 0 Å². The van der Waals surface area contributed by atoms with Crippen LogP contribution in [0.2, 0.25) is 0 Å². The summed E-state index contributed by atoms with van der Waals surface area (Å²) in [7, 11) is 5.54. The van der Waals surface area contributed by atoms with E-state index in [4.69, 9.17) is 4.74 Å². The van der Waals surface area contributed by atoms with E-state index in [1.807, 2.05) is 6.07 Å². The Balaban J connectivity index is 2.54. The third-order valence-corrected chi connectivity index (χ3v) is 3.86. The molecule has 1 N–H and O–H groups in total. The van der Waals surface area contributed by atoms with Crippen molar-refractivity contribution in [2.45, 2.75) is 25.9 Å². The molecule has 4 nitrogen and oxygen atoms in total. The number of hydrogen-bond donors (Lipinski definition) is 1. The summed E-state index contributed by atoms with van der Waals surface area (Å²) in [6.45, 7) is 4.02. The van der Waals surface area contributed by atoms with Crippen LogP contribution >= 0.6 is 15.9 Å². The van der Waals surface area contributed by atoms with Gasteiger partial charge in [-0.05, 0) is 51.7 Å². The molecule has 112 valence electrons. The van der Waals surface area contributed by atoms with E-state index in [9.17, 15) is 4.79 Å². The standard InChI is InChI=1S/C15H23BrN2O2/c1-11(7-8-18(2)3)17-10-13-6-5-12(9-14(13)16)15(19)20-4/h5-6,9,11,17H,7-8,10H2,1-4H3. The first-order valence-corrected chi connectivity index (χ1v) is 7.48. The molecule has 0 aliphatic heterocycles. The maximum Gasteiger partial charge on any atom is 0.337 e. The zero-order valence-electron chi connectivity index (χ0n) is 12.6. The molecule has 20 heavy (non-hydrogen) atoms. The van der Waals surface area contributed by atoms with Gasteiger partial charge in [-0.1, -0.05) is 22.0 Å². The van der Waals surface area contributed by atoms with E-state index < -0.39 is 0 Å². The number of halogens is 1. The van der Waals surface area contributed by atoms with Crippen LogP contribution in [0.1, 0.15) is 29.3 Å². The molecule has 0 aliphatic carbocycles. The molecule has 0 fully saturated rings. The lowest BCUT2D eigenvalue weighted by atomic mass is 10.1. The summed E-state index contributed by atoms with van der Waals surface area (Å²) in [6.07, 6.45) is 1.10. The van der Waals surface area contributed by atoms with Gasteiger partial charge >= 0.3 is 5.97 Å². The molecule has 0 bridgehead atoms. The molecule has 0 heterocycles. The van der Waals surface area contributed by atoms with Crippen LogP contribution in [0.4, 0.5) is 0 Å². The van der Waals surface area contributed by atoms with Gasteiger partial charge in [-0.3, -0.25) is 0 Å². The minimum Gasteiger partial charge on any atom is -0.465 e. The van der Waals surface area contributed by atoms with Crippen LogP contribution in [0.5, 0.6) is 0 Å². The summed E-state index contributed by atoms with van der Waals surface area (Å²) in [6, 6.07) is 5.98. The van der Waals surface area contributed by atoms with Crippen molar-refractivity contribution >= 4 is 21.9 Å². The van der Waals surface area contributed by atoms with Gasteiger partial charge in [0.1, 0.15) is 0 Å². The maximum absolute atomic E-state index is 11.4. The number of hydrogen-bond acceptors (Lipinski definition) is 4. The van der Waals surface area contributed by atoms with Crippen molar-refractivity contribution in [3.05, 3.63) is 33.8 Å². The van der Waals surface area contributed by atoms with Crippen molar-refractivity contribution in [1.29, 1.82) is 0 Å². The second-order valence-electron chi connectivity index (χ2n) is 5.17. The Hall–Kier alpha value is -0.910. The Kier molecular flexibility index (Phi) is 7.19. The fourth-order valence-corrected chi connectivity index (χ4v) is 2.29. The van der Waals surface area contributed by atoms with Crippen molar-refractivity contribution < 1.29 is 9.53 Å². The number of carbonyl (C=O) groups excluding carboxylic acids is 1. The van der Waals surface area contributed by atoms with Crippen molar-refractivity contribution in [2.24, 2.45) is 0 Å². The molecule has 0 saturated carbocycles. The lowest BCUT2D eigenvalue weighted by Gasteiger charge is -2.17. The van der Waals surface area contributed by atoms with Gasteiger partial charge < -0.3 is 15.0 Å². The van der Waals surface area contributed by atoms with Crippen LogP contribution in [-0.4, -0.2) is 44.7 Å². The highest BCUT2D eigenvalue weighted by molar-refractivity contribution is 9.10. The molecule has 1 atom stereocenters. The van der Waals surface area contributed by atoms with Crippen LogP contribution in [0, 0.1) is 0 Å². The van der Waals surface area contributed by atoms with E-state index in [1.165, 1.54) is 7.11 Å². The number of ether oxygens (including phenoxy) is 1. The molecule has 0 radical (unpaired) electrons. The van der Waals surface area contributed by atoms with E-state index >= 15 is 0 Å². The summed E-state index contributed by atoms with van der Waals surface area (Å²) in [5, 5.41) is 3.48. The first-order chi connectivity index (χ1) is 9.43. The van der Waals surface area contributed by atoms with E-state index in [0.717, 1.165) is 29.5 Å². The van der Waals surface area contributed by atoms with Gasteiger partial charge in [-0.15, -0.1) is 0 Å². The highest BCUT2D eigenvalue weighted by atomic mass is 79.9. The fourth-order valence-electron chi connectivity index (χ4n) is 1.77. The monoisotopic (exact) mass is 342 g/mol. The molecule has 0 aromatic heterocycles. The molecule has 1 unspecified atom stereocenters. The molecule has 1 aromatic carbocycles. The Morgan fingerprint density at radius 3 is 2.70 bits per heavy atom. The van der Waals surface area contributed by atoms with Crippen molar-refractivity contribution in [1.82, 2.24) is 10.2 Å². The largest absolute Gasteiger partial charge is 0.465 e. The molecule has 0 amide bonds. The number of benzene rings is 1. The van der Waals surface area contributed by atoms with Crippen LogP contribution in [0.15, 0.2) is 22.7 Å². The Labute approximate surface area is 129 Å². The minimum atomic E-state index is -0.315. The zero-order valence-corrected chi connectivity index (χ0v) is 14.2. The van der Waals surface area contributed by atoms with E-state index in [2.05, 4.69) is 47.2 Å². The first-order valence-electron chi connectivity index (χ1n) is 6.69. The SMILES string of the molecule is COC(=O)c1ccc(CNC(C)CCN(C)C)c(Br)c1. The third kappa shape index (κ3) is 5.61.